The number of H-pyrrole nitrogens is 1. The summed E-state index contributed by atoms with van der Waals surface area (Å²) in [4.78, 5) is 30.3. The first-order valence-electron chi connectivity index (χ1n) is 11.3. The van der Waals surface area contributed by atoms with E-state index in [4.69, 9.17) is 11.6 Å². The summed E-state index contributed by atoms with van der Waals surface area (Å²) in [5.41, 5.74) is 4.08. The van der Waals surface area contributed by atoms with Crippen LogP contribution in [-0.2, 0) is 17.2 Å². The van der Waals surface area contributed by atoms with Gasteiger partial charge < -0.3 is 15.2 Å². The number of aryl methyl sites for hydroxylation is 2. The average molecular weight is 494 g/mol. The van der Waals surface area contributed by atoms with Crippen molar-refractivity contribution in [2.24, 2.45) is 0 Å². The maximum Gasteiger partial charge on any atom is 0.253 e. The Hall–Kier alpha value is -2.32. The highest BCUT2D eigenvalue weighted by Crippen LogP contribution is 2.34. The Morgan fingerprint density at radius 2 is 1.82 bits per heavy atom. The van der Waals surface area contributed by atoms with Crippen molar-refractivity contribution < 1.29 is 13.2 Å². The molecule has 7 nitrogen and oxygen atoms in total. The third-order valence-electron chi connectivity index (χ3n) is 6.56. The Balaban J connectivity index is 1.83. The lowest BCUT2D eigenvalue weighted by Crippen LogP contribution is -2.40. The molecule has 1 heterocycles. The molecule has 3 rings (SSSR count). The van der Waals surface area contributed by atoms with Gasteiger partial charge in [-0.25, -0.2) is 8.42 Å². The van der Waals surface area contributed by atoms with Gasteiger partial charge in [-0.3, -0.25) is 9.59 Å². The van der Waals surface area contributed by atoms with Gasteiger partial charge in [0.15, 0.2) is 0 Å². The SMILES string of the molecule is CCN(c1cc(Cl)cc(C(=O)NCc2c(C)cc(C)[nH]c2=O)c1C)[C@H]1CC[C@H]([SH](=O)=O)CC1. The zero-order valence-corrected chi connectivity index (χ0v) is 21.2. The van der Waals surface area contributed by atoms with E-state index in [0.29, 0.717) is 29.0 Å². The second-order valence-electron chi connectivity index (χ2n) is 8.76. The number of rotatable bonds is 7. The number of nitrogens with zero attached hydrogens (tertiary/aromatic N) is 1. The Bertz CT molecular complexity index is 1160. The van der Waals surface area contributed by atoms with Crippen LogP contribution in [0.15, 0.2) is 23.0 Å². The highest BCUT2D eigenvalue weighted by molar-refractivity contribution is 7.73. The van der Waals surface area contributed by atoms with E-state index >= 15 is 0 Å². The van der Waals surface area contributed by atoms with Crippen molar-refractivity contribution in [3.63, 3.8) is 0 Å². The van der Waals surface area contributed by atoms with Gasteiger partial charge in [0.25, 0.3) is 11.5 Å². The van der Waals surface area contributed by atoms with E-state index in [9.17, 15) is 18.0 Å². The van der Waals surface area contributed by atoms with Gasteiger partial charge in [-0.15, -0.1) is 0 Å². The summed E-state index contributed by atoms with van der Waals surface area (Å²) in [6, 6.07) is 5.59. The van der Waals surface area contributed by atoms with Crippen molar-refractivity contribution in [3.05, 3.63) is 61.5 Å². The molecule has 2 N–H and O–H groups in total. The van der Waals surface area contributed by atoms with Crippen LogP contribution in [-0.4, -0.2) is 37.1 Å². The molecule has 1 saturated carbocycles. The molecule has 33 heavy (non-hydrogen) atoms. The van der Waals surface area contributed by atoms with Gasteiger partial charge in [0, 0.05) is 46.7 Å². The van der Waals surface area contributed by atoms with Crippen LogP contribution in [0.3, 0.4) is 0 Å². The summed E-state index contributed by atoms with van der Waals surface area (Å²) in [5, 5.41) is 3.08. The van der Waals surface area contributed by atoms with E-state index in [1.165, 1.54) is 0 Å². The highest BCUT2D eigenvalue weighted by Gasteiger charge is 2.28. The molecule has 1 aliphatic rings. The zero-order valence-electron chi connectivity index (χ0n) is 19.5. The van der Waals surface area contributed by atoms with E-state index in [2.05, 4.69) is 15.2 Å². The molecular weight excluding hydrogens is 462 g/mol. The Morgan fingerprint density at radius 3 is 2.39 bits per heavy atom. The number of carbonyl (C=O) groups is 1. The third-order valence-corrected chi connectivity index (χ3v) is 7.90. The van der Waals surface area contributed by atoms with Crippen LogP contribution in [0.2, 0.25) is 5.02 Å². The van der Waals surface area contributed by atoms with Gasteiger partial charge in [-0.2, -0.15) is 0 Å². The topological polar surface area (TPSA) is 99.3 Å². The number of pyridine rings is 1. The molecule has 2 aromatic rings. The summed E-state index contributed by atoms with van der Waals surface area (Å²) in [6.45, 7) is 8.46. The molecule has 0 unspecified atom stereocenters. The van der Waals surface area contributed by atoms with Crippen molar-refractivity contribution in [1.29, 1.82) is 0 Å². The summed E-state index contributed by atoms with van der Waals surface area (Å²) in [7, 11) is -2.39. The summed E-state index contributed by atoms with van der Waals surface area (Å²) in [5.74, 6) is -0.293. The lowest BCUT2D eigenvalue weighted by molar-refractivity contribution is 0.0950. The Labute approximate surface area is 201 Å². The van der Waals surface area contributed by atoms with Crippen LogP contribution in [0.25, 0.3) is 0 Å². The fraction of sp³-hybridized carbons (Fsp3) is 0.500. The van der Waals surface area contributed by atoms with E-state index < -0.39 is 10.7 Å². The molecule has 0 atom stereocenters. The highest BCUT2D eigenvalue weighted by atomic mass is 35.5. The van der Waals surface area contributed by atoms with E-state index in [1.807, 2.05) is 39.8 Å². The maximum absolute atomic E-state index is 13.1. The summed E-state index contributed by atoms with van der Waals surface area (Å²) >= 11 is 6.41. The third kappa shape index (κ3) is 5.79. The van der Waals surface area contributed by atoms with Crippen LogP contribution < -0.4 is 15.8 Å². The number of aromatic nitrogens is 1. The number of hydrogen-bond donors (Lipinski definition) is 3. The second kappa shape index (κ2) is 10.7. The molecule has 0 radical (unpaired) electrons. The van der Waals surface area contributed by atoms with Gasteiger partial charge in [0.1, 0.15) is 10.7 Å². The number of aromatic amines is 1. The predicted molar refractivity (Wildman–Crippen MR) is 133 cm³/mol. The lowest BCUT2D eigenvalue weighted by Gasteiger charge is -2.38. The number of anilines is 1. The fourth-order valence-corrected chi connectivity index (χ4v) is 5.70. The molecule has 9 heteroatoms. The minimum absolute atomic E-state index is 0.121. The van der Waals surface area contributed by atoms with Crippen molar-refractivity contribution >= 4 is 33.9 Å². The number of carbonyl (C=O) groups excluding carboxylic acids is 1. The van der Waals surface area contributed by atoms with Gasteiger partial charge in [0.05, 0.1) is 5.25 Å². The Kier molecular flexibility index (Phi) is 8.23. The zero-order chi connectivity index (χ0) is 24.3. The van der Waals surface area contributed by atoms with E-state index in [1.54, 1.807) is 6.07 Å². The van der Waals surface area contributed by atoms with Gasteiger partial charge in [-0.1, -0.05) is 11.6 Å². The average Bonchev–Trinajstić information content (AvgIpc) is 2.75. The number of nitrogens with one attached hydrogen (secondary N) is 2. The molecule has 0 saturated heterocycles. The molecule has 0 aliphatic heterocycles. The normalized spacial score (nSPS) is 18.4. The molecule has 1 aromatic carbocycles. The first-order chi connectivity index (χ1) is 15.6. The lowest BCUT2D eigenvalue weighted by atomic mass is 9.92. The maximum atomic E-state index is 13.1. The first kappa shape index (κ1) is 25.3. The Morgan fingerprint density at radius 1 is 1.15 bits per heavy atom. The molecule has 1 fully saturated rings. The van der Waals surface area contributed by atoms with Crippen LogP contribution in [0.4, 0.5) is 5.69 Å². The standard InChI is InChI=1S/C24H32ClN3O4S/c1-5-28(18-6-8-19(9-7-18)33(31)32)22-12-17(25)11-20(16(22)4)23(29)26-13-21-14(2)10-15(3)27-24(21)30/h10-12,18-19,33H,5-9,13H2,1-4H3,(H,26,29)(H,27,30)/t18-,19-. The predicted octanol–water partition coefficient (Wildman–Crippen LogP) is 3.63. The molecule has 180 valence electrons. The van der Waals surface area contributed by atoms with Crippen LogP contribution in [0.5, 0.6) is 0 Å². The smallest absolute Gasteiger partial charge is 0.253 e. The van der Waals surface area contributed by atoms with Crippen molar-refractivity contribution in [3.8, 4) is 0 Å². The van der Waals surface area contributed by atoms with Crippen molar-refractivity contribution in [1.82, 2.24) is 10.3 Å². The van der Waals surface area contributed by atoms with Crippen molar-refractivity contribution in [2.45, 2.75) is 71.2 Å². The van der Waals surface area contributed by atoms with E-state index in [0.717, 1.165) is 41.9 Å². The van der Waals surface area contributed by atoms with Gasteiger partial charge in [-0.05, 0) is 82.7 Å². The van der Waals surface area contributed by atoms with Gasteiger partial charge in [0.2, 0.25) is 0 Å². The number of hydrogen-bond acceptors (Lipinski definition) is 5. The molecule has 1 amide bonds. The number of thiol groups is 1. The fourth-order valence-electron chi connectivity index (χ4n) is 4.77. The van der Waals surface area contributed by atoms with Crippen LogP contribution in [0, 0.1) is 20.8 Å². The number of amides is 1. The molecule has 0 spiro atoms. The minimum atomic E-state index is -2.39. The number of benzene rings is 1. The quantitative estimate of drug-likeness (QED) is 0.511. The molecule has 1 aromatic heterocycles. The number of halogens is 1. The summed E-state index contributed by atoms with van der Waals surface area (Å²) in [6.07, 6.45) is 2.87. The van der Waals surface area contributed by atoms with Crippen molar-refractivity contribution in [2.75, 3.05) is 11.4 Å². The molecule has 0 bridgehead atoms. The van der Waals surface area contributed by atoms with E-state index in [-0.39, 0.29) is 29.3 Å². The second-order valence-corrected chi connectivity index (χ2v) is 10.5. The first-order valence-corrected chi connectivity index (χ1v) is 12.9. The van der Waals surface area contributed by atoms with Crippen LogP contribution in [0.1, 0.15) is 65.3 Å². The minimum Gasteiger partial charge on any atom is -0.369 e. The monoisotopic (exact) mass is 493 g/mol. The largest absolute Gasteiger partial charge is 0.369 e. The van der Waals surface area contributed by atoms with Crippen LogP contribution >= 0.6 is 11.6 Å². The van der Waals surface area contributed by atoms with Gasteiger partial charge >= 0.3 is 0 Å². The summed E-state index contributed by atoms with van der Waals surface area (Å²) < 4.78 is 22.7. The molecule has 1 aliphatic carbocycles. The molecular formula is C24H32ClN3O4S.